The van der Waals surface area contributed by atoms with Crippen LogP contribution in [0.3, 0.4) is 0 Å². The summed E-state index contributed by atoms with van der Waals surface area (Å²) in [5, 5.41) is 0. The van der Waals surface area contributed by atoms with Gasteiger partial charge in [-0.05, 0) is 34.1 Å². The molecular weight excluding hydrogens is 243 g/mol. The van der Waals surface area contributed by atoms with Crippen molar-refractivity contribution in [2.75, 3.05) is 6.61 Å². The summed E-state index contributed by atoms with van der Waals surface area (Å²) in [4.78, 5) is 8.52. The molecule has 1 aliphatic rings. The van der Waals surface area contributed by atoms with Gasteiger partial charge in [-0.2, -0.15) is 0 Å². The normalized spacial score (nSPS) is 20.6. The van der Waals surface area contributed by atoms with E-state index in [-0.39, 0.29) is 11.2 Å². The zero-order chi connectivity index (χ0) is 14.1. The third-order valence-corrected chi connectivity index (χ3v) is 3.58. The van der Waals surface area contributed by atoms with Crippen LogP contribution in [-0.2, 0) is 9.31 Å². The highest BCUT2D eigenvalue weighted by molar-refractivity contribution is 6.61. The van der Waals surface area contributed by atoms with Crippen LogP contribution in [0, 0.1) is 0 Å². The van der Waals surface area contributed by atoms with Crippen LogP contribution in [0.2, 0.25) is 0 Å². The SMILES string of the molecule is CCCOc1cncc(B2OC(C)(C)C(C)(C)O2)n1. The van der Waals surface area contributed by atoms with Gasteiger partial charge in [0.05, 0.1) is 29.6 Å². The minimum atomic E-state index is -0.498. The van der Waals surface area contributed by atoms with E-state index in [1.807, 2.05) is 34.6 Å². The van der Waals surface area contributed by atoms with Crippen molar-refractivity contribution >= 4 is 12.7 Å². The van der Waals surface area contributed by atoms with Gasteiger partial charge in [-0.1, -0.05) is 6.92 Å². The van der Waals surface area contributed by atoms with E-state index >= 15 is 0 Å². The number of hydrogen-bond donors (Lipinski definition) is 0. The molecule has 0 unspecified atom stereocenters. The van der Waals surface area contributed by atoms with E-state index in [9.17, 15) is 0 Å². The molecule has 1 aromatic rings. The van der Waals surface area contributed by atoms with E-state index in [1.165, 1.54) is 0 Å². The van der Waals surface area contributed by atoms with Crippen LogP contribution in [0.25, 0.3) is 0 Å². The van der Waals surface area contributed by atoms with Gasteiger partial charge >= 0.3 is 7.12 Å². The van der Waals surface area contributed by atoms with Crippen molar-refractivity contribution in [3.05, 3.63) is 12.4 Å². The maximum Gasteiger partial charge on any atom is 0.516 e. The predicted octanol–water partition coefficient (Wildman–Crippen LogP) is 1.56. The van der Waals surface area contributed by atoms with Crippen molar-refractivity contribution in [1.29, 1.82) is 0 Å². The summed E-state index contributed by atoms with van der Waals surface area (Å²) in [5.41, 5.74) is -0.105. The monoisotopic (exact) mass is 264 g/mol. The minimum absolute atomic E-state index is 0.375. The number of aromatic nitrogens is 2. The summed E-state index contributed by atoms with van der Waals surface area (Å²) in [5.74, 6) is 0.508. The van der Waals surface area contributed by atoms with E-state index in [1.54, 1.807) is 12.4 Å². The van der Waals surface area contributed by atoms with Crippen LogP contribution in [-0.4, -0.2) is 34.9 Å². The molecule has 0 atom stereocenters. The minimum Gasteiger partial charge on any atom is -0.477 e. The van der Waals surface area contributed by atoms with Gasteiger partial charge in [0.1, 0.15) is 0 Å². The maximum atomic E-state index is 5.93. The Balaban J connectivity index is 2.15. The zero-order valence-electron chi connectivity index (χ0n) is 12.3. The lowest BCUT2D eigenvalue weighted by molar-refractivity contribution is 0.00578. The standard InChI is InChI=1S/C13H21BN2O3/c1-6-7-17-11-9-15-8-10(16-11)14-18-12(2,3)13(4,5)19-14/h8-9H,6-7H2,1-5H3. The van der Waals surface area contributed by atoms with Gasteiger partial charge in [0, 0.05) is 6.20 Å². The van der Waals surface area contributed by atoms with Crippen molar-refractivity contribution in [3.63, 3.8) is 0 Å². The number of ether oxygens (including phenoxy) is 1. The first-order chi connectivity index (χ1) is 8.86. The van der Waals surface area contributed by atoms with Crippen molar-refractivity contribution in [2.45, 2.75) is 52.2 Å². The first kappa shape index (κ1) is 14.3. The Bertz CT molecular complexity index is 435. The highest BCUT2D eigenvalue weighted by atomic mass is 16.7. The fourth-order valence-electron chi connectivity index (χ4n) is 1.72. The summed E-state index contributed by atoms with van der Waals surface area (Å²) in [6, 6.07) is 0. The second kappa shape index (κ2) is 5.09. The van der Waals surface area contributed by atoms with E-state index in [2.05, 4.69) is 9.97 Å². The van der Waals surface area contributed by atoms with Crippen molar-refractivity contribution < 1.29 is 14.0 Å². The molecule has 19 heavy (non-hydrogen) atoms. The molecule has 1 saturated heterocycles. The molecule has 0 aromatic carbocycles. The summed E-state index contributed by atoms with van der Waals surface area (Å²) in [6.45, 7) is 10.7. The molecule has 5 nitrogen and oxygen atoms in total. The highest BCUT2D eigenvalue weighted by Gasteiger charge is 2.52. The average molecular weight is 264 g/mol. The van der Waals surface area contributed by atoms with Crippen LogP contribution in [0.1, 0.15) is 41.0 Å². The van der Waals surface area contributed by atoms with Crippen LogP contribution < -0.4 is 10.3 Å². The Kier molecular flexibility index (Phi) is 3.83. The van der Waals surface area contributed by atoms with Crippen molar-refractivity contribution in [1.82, 2.24) is 9.97 Å². The van der Waals surface area contributed by atoms with Crippen LogP contribution in [0.5, 0.6) is 5.88 Å². The molecular formula is C13H21BN2O3. The molecule has 1 aliphatic heterocycles. The summed E-state index contributed by atoms with van der Waals surface area (Å²) in [7, 11) is -0.498. The van der Waals surface area contributed by atoms with Gasteiger partial charge in [-0.25, -0.2) is 4.98 Å². The van der Waals surface area contributed by atoms with Crippen LogP contribution >= 0.6 is 0 Å². The van der Waals surface area contributed by atoms with Gasteiger partial charge in [0.2, 0.25) is 5.88 Å². The zero-order valence-corrected chi connectivity index (χ0v) is 12.3. The van der Waals surface area contributed by atoms with Crippen molar-refractivity contribution in [2.24, 2.45) is 0 Å². The molecule has 0 saturated carbocycles. The molecule has 0 N–H and O–H groups in total. The molecule has 0 aliphatic carbocycles. The van der Waals surface area contributed by atoms with Crippen molar-refractivity contribution in [3.8, 4) is 5.88 Å². The summed E-state index contributed by atoms with van der Waals surface area (Å²) < 4.78 is 17.3. The molecule has 0 radical (unpaired) electrons. The van der Waals surface area contributed by atoms with E-state index in [0.717, 1.165) is 6.42 Å². The summed E-state index contributed by atoms with van der Waals surface area (Å²) >= 11 is 0. The second-order valence-corrected chi connectivity index (χ2v) is 5.72. The van der Waals surface area contributed by atoms with Gasteiger partial charge in [-0.3, -0.25) is 4.98 Å². The van der Waals surface area contributed by atoms with E-state index in [0.29, 0.717) is 18.1 Å². The maximum absolute atomic E-state index is 5.93. The largest absolute Gasteiger partial charge is 0.516 e. The highest BCUT2D eigenvalue weighted by Crippen LogP contribution is 2.36. The first-order valence-electron chi connectivity index (χ1n) is 6.66. The lowest BCUT2D eigenvalue weighted by atomic mass is 9.85. The lowest BCUT2D eigenvalue weighted by Gasteiger charge is -2.32. The smallest absolute Gasteiger partial charge is 0.477 e. The van der Waals surface area contributed by atoms with Gasteiger partial charge < -0.3 is 14.0 Å². The molecule has 1 aromatic heterocycles. The molecule has 0 spiro atoms. The average Bonchev–Trinajstić information content (AvgIpc) is 2.56. The third kappa shape index (κ3) is 2.90. The van der Waals surface area contributed by atoms with E-state index in [4.69, 9.17) is 14.0 Å². The number of hydrogen-bond acceptors (Lipinski definition) is 5. The Labute approximate surface area is 114 Å². The van der Waals surface area contributed by atoms with Crippen LogP contribution in [0.4, 0.5) is 0 Å². The molecule has 2 heterocycles. The van der Waals surface area contributed by atoms with Gasteiger partial charge in [0.15, 0.2) is 0 Å². The Hall–Kier alpha value is -1.14. The Morgan fingerprint density at radius 1 is 1.16 bits per heavy atom. The second-order valence-electron chi connectivity index (χ2n) is 5.72. The third-order valence-electron chi connectivity index (χ3n) is 3.58. The first-order valence-corrected chi connectivity index (χ1v) is 6.66. The fraction of sp³-hybridized carbons (Fsp3) is 0.692. The van der Waals surface area contributed by atoms with Crippen LogP contribution in [0.15, 0.2) is 12.4 Å². The number of rotatable bonds is 4. The predicted molar refractivity (Wildman–Crippen MR) is 73.5 cm³/mol. The molecule has 6 heteroatoms. The fourth-order valence-corrected chi connectivity index (χ4v) is 1.72. The molecule has 0 amide bonds. The van der Waals surface area contributed by atoms with Gasteiger partial charge in [0.25, 0.3) is 0 Å². The molecule has 104 valence electrons. The molecule has 2 rings (SSSR count). The quantitative estimate of drug-likeness (QED) is 0.772. The lowest BCUT2D eigenvalue weighted by Crippen LogP contribution is -2.41. The molecule has 1 fully saturated rings. The van der Waals surface area contributed by atoms with Gasteiger partial charge in [-0.15, -0.1) is 0 Å². The Morgan fingerprint density at radius 2 is 1.79 bits per heavy atom. The topological polar surface area (TPSA) is 53.5 Å². The van der Waals surface area contributed by atoms with E-state index < -0.39 is 7.12 Å². The summed E-state index contributed by atoms with van der Waals surface area (Å²) in [6.07, 6.45) is 4.19. The Morgan fingerprint density at radius 3 is 2.37 bits per heavy atom. The molecule has 0 bridgehead atoms. The number of nitrogens with zero attached hydrogens (tertiary/aromatic N) is 2.